The standard InChI is InChI=1S/C10H13ClN2O2S2/c1-13(17(14,15)7-10(12)16)6-8-4-2-3-5-9(8)11/h2-5H,6-7H2,1H3,(H2,12,16). The molecule has 1 rings (SSSR count). The van der Waals surface area contributed by atoms with Gasteiger partial charge in [0, 0.05) is 18.6 Å². The highest BCUT2D eigenvalue weighted by molar-refractivity contribution is 7.92. The van der Waals surface area contributed by atoms with Crippen molar-refractivity contribution in [3.05, 3.63) is 34.9 Å². The van der Waals surface area contributed by atoms with Crippen LogP contribution < -0.4 is 5.73 Å². The zero-order chi connectivity index (χ0) is 13.1. The summed E-state index contributed by atoms with van der Waals surface area (Å²) in [6.07, 6.45) is 0. The number of nitrogens with two attached hydrogens (primary N) is 1. The molecule has 0 radical (unpaired) electrons. The lowest BCUT2D eigenvalue weighted by atomic mass is 10.2. The normalized spacial score (nSPS) is 11.7. The SMILES string of the molecule is CN(Cc1ccccc1Cl)S(=O)(=O)CC(N)=S. The summed E-state index contributed by atoms with van der Waals surface area (Å²) in [4.78, 5) is -0.0454. The van der Waals surface area contributed by atoms with Crippen LogP contribution in [0.25, 0.3) is 0 Å². The number of hydrogen-bond donors (Lipinski definition) is 1. The largest absolute Gasteiger partial charge is 0.392 e. The van der Waals surface area contributed by atoms with E-state index < -0.39 is 10.0 Å². The topological polar surface area (TPSA) is 63.4 Å². The van der Waals surface area contributed by atoms with E-state index in [2.05, 4.69) is 12.2 Å². The fraction of sp³-hybridized carbons (Fsp3) is 0.300. The highest BCUT2D eigenvalue weighted by atomic mass is 35.5. The smallest absolute Gasteiger partial charge is 0.220 e. The predicted molar refractivity (Wildman–Crippen MR) is 73.5 cm³/mol. The fourth-order valence-corrected chi connectivity index (χ4v) is 2.81. The van der Waals surface area contributed by atoms with Gasteiger partial charge in [-0.2, -0.15) is 0 Å². The maximum Gasteiger partial charge on any atom is 0.220 e. The number of rotatable bonds is 5. The van der Waals surface area contributed by atoms with Crippen LogP contribution >= 0.6 is 23.8 Å². The lowest BCUT2D eigenvalue weighted by Gasteiger charge is -2.17. The van der Waals surface area contributed by atoms with E-state index in [4.69, 9.17) is 17.3 Å². The molecule has 94 valence electrons. The Morgan fingerprint density at radius 3 is 2.59 bits per heavy atom. The number of thiocarbonyl (C=S) groups is 1. The molecule has 7 heteroatoms. The third-order valence-electron chi connectivity index (χ3n) is 2.15. The molecule has 4 nitrogen and oxygen atoms in total. The zero-order valence-corrected chi connectivity index (χ0v) is 11.6. The molecule has 1 aromatic carbocycles. The van der Waals surface area contributed by atoms with Gasteiger partial charge < -0.3 is 5.73 Å². The Balaban J connectivity index is 2.83. The average molecular weight is 293 g/mol. The first kappa shape index (κ1) is 14.4. The molecule has 0 fully saturated rings. The molecule has 1 aromatic rings. The summed E-state index contributed by atoms with van der Waals surface area (Å²) in [6, 6.07) is 7.07. The Hall–Kier alpha value is -0.690. The molecule has 2 N–H and O–H groups in total. The second-order valence-electron chi connectivity index (χ2n) is 3.57. The molecular formula is C10H13ClN2O2S2. The van der Waals surface area contributed by atoms with Gasteiger partial charge in [-0.05, 0) is 11.6 Å². The molecule has 0 aliphatic carbocycles. The van der Waals surface area contributed by atoms with Crippen molar-refractivity contribution in [1.29, 1.82) is 0 Å². The van der Waals surface area contributed by atoms with Crippen molar-refractivity contribution in [2.45, 2.75) is 6.54 Å². The molecule has 0 bridgehead atoms. The van der Waals surface area contributed by atoms with E-state index >= 15 is 0 Å². The van der Waals surface area contributed by atoms with E-state index in [9.17, 15) is 8.42 Å². The Bertz CT molecular complexity index is 517. The number of sulfonamides is 1. The molecule has 17 heavy (non-hydrogen) atoms. The van der Waals surface area contributed by atoms with Gasteiger partial charge in [0.15, 0.2) is 0 Å². The Kier molecular flexibility index (Phi) is 4.88. The first-order valence-electron chi connectivity index (χ1n) is 4.78. The van der Waals surface area contributed by atoms with E-state index in [-0.39, 0.29) is 17.3 Å². The highest BCUT2D eigenvalue weighted by Gasteiger charge is 2.19. The molecule has 0 spiro atoms. The lowest BCUT2D eigenvalue weighted by molar-refractivity contribution is 0.470. The summed E-state index contributed by atoms with van der Waals surface area (Å²) in [5.41, 5.74) is 5.98. The average Bonchev–Trinajstić information content (AvgIpc) is 2.19. The lowest BCUT2D eigenvalue weighted by Crippen LogP contribution is -2.33. The van der Waals surface area contributed by atoms with Crippen LogP contribution in [0.2, 0.25) is 5.02 Å². The van der Waals surface area contributed by atoms with Crippen molar-refractivity contribution >= 4 is 38.8 Å². The van der Waals surface area contributed by atoms with Crippen molar-refractivity contribution < 1.29 is 8.42 Å². The molecule has 0 aliphatic rings. The molecule has 0 aliphatic heterocycles. The minimum atomic E-state index is -3.47. The molecule has 0 saturated heterocycles. The summed E-state index contributed by atoms with van der Waals surface area (Å²) < 4.78 is 24.7. The molecule has 0 atom stereocenters. The third-order valence-corrected chi connectivity index (χ3v) is 4.60. The Labute approximate surface area is 111 Å². The van der Waals surface area contributed by atoms with Crippen LogP contribution in [0.1, 0.15) is 5.56 Å². The second-order valence-corrected chi connectivity index (χ2v) is 6.58. The van der Waals surface area contributed by atoms with Crippen molar-refractivity contribution in [2.24, 2.45) is 5.73 Å². The first-order chi connectivity index (χ1) is 7.83. The first-order valence-corrected chi connectivity index (χ1v) is 7.18. The fourth-order valence-electron chi connectivity index (χ4n) is 1.25. The summed E-state index contributed by atoms with van der Waals surface area (Å²) in [6.45, 7) is 0.199. The summed E-state index contributed by atoms with van der Waals surface area (Å²) in [5, 5.41) is 0.532. The van der Waals surface area contributed by atoms with E-state index in [1.165, 1.54) is 11.4 Å². The van der Waals surface area contributed by atoms with Gasteiger partial charge >= 0.3 is 0 Å². The van der Waals surface area contributed by atoms with Crippen LogP contribution in [0, 0.1) is 0 Å². The van der Waals surface area contributed by atoms with Gasteiger partial charge in [-0.25, -0.2) is 12.7 Å². The molecular weight excluding hydrogens is 280 g/mol. The summed E-state index contributed by atoms with van der Waals surface area (Å²) in [7, 11) is -2.00. The zero-order valence-electron chi connectivity index (χ0n) is 9.26. The van der Waals surface area contributed by atoms with Crippen LogP contribution in [0.15, 0.2) is 24.3 Å². The van der Waals surface area contributed by atoms with Gasteiger partial charge in [0.05, 0.1) is 4.99 Å². The minimum absolute atomic E-state index is 0.0454. The number of hydrogen-bond acceptors (Lipinski definition) is 3. The van der Waals surface area contributed by atoms with E-state index in [0.29, 0.717) is 5.02 Å². The van der Waals surface area contributed by atoms with Crippen LogP contribution in [-0.2, 0) is 16.6 Å². The predicted octanol–water partition coefficient (Wildman–Crippen LogP) is 1.39. The quantitative estimate of drug-likeness (QED) is 0.833. The highest BCUT2D eigenvalue weighted by Crippen LogP contribution is 2.17. The maximum atomic E-state index is 11.8. The van der Waals surface area contributed by atoms with Gasteiger partial charge in [0.2, 0.25) is 10.0 Å². The summed E-state index contributed by atoms with van der Waals surface area (Å²) in [5.74, 6) is -0.330. The Morgan fingerprint density at radius 1 is 1.47 bits per heavy atom. The van der Waals surface area contributed by atoms with Gasteiger partial charge in [0.1, 0.15) is 5.75 Å². The number of benzene rings is 1. The summed E-state index contributed by atoms with van der Waals surface area (Å²) >= 11 is 10.6. The molecule has 0 saturated carbocycles. The van der Waals surface area contributed by atoms with Crippen molar-refractivity contribution in [3.63, 3.8) is 0 Å². The van der Waals surface area contributed by atoms with E-state index in [0.717, 1.165) is 5.56 Å². The van der Waals surface area contributed by atoms with Crippen LogP contribution in [0.4, 0.5) is 0 Å². The number of nitrogens with zero attached hydrogens (tertiary/aromatic N) is 1. The van der Waals surface area contributed by atoms with Crippen LogP contribution in [0.5, 0.6) is 0 Å². The molecule has 0 aromatic heterocycles. The molecule has 0 unspecified atom stereocenters. The van der Waals surface area contributed by atoms with Gasteiger partial charge in [-0.3, -0.25) is 0 Å². The minimum Gasteiger partial charge on any atom is -0.392 e. The maximum absolute atomic E-state index is 11.8. The van der Waals surface area contributed by atoms with Crippen molar-refractivity contribution in [3.8, 4) is 0 Å². The van der Waals surface area contributed by atoms with Gasteiger partial charge in [0.25, 0.3) is 0 Å². The van der Waals surface area contributed by atoms with Crippen molar-refractivity contribution in [1.82, 2.24) is 4.31 Å². The van der Waals surface area contributed by atoms with Crippen molar-refractivity contribution in [2.75, 3.05) is 12.8 Å². The monoisotopic (exact) mass is 292 g/mol. The Morgan fingerprint density at radius 2 is 2.06 bits per heavy atom. The van der Waals surface area contributed by atoms with Crippen LogP contribution in [-0.4, -0.2) is 30.5 Å². The van der Waals surface area contributed by atoms with E-state index in [1.54, 1.807) is 24.3 Å². The molecule has 0 amide bonds. The molecule has 0 heterocycles. The number of halogens is 1. The second kappa shape index (κ2) is 5.77. The van der Waals surface area contributed by atoms with E-state index in [1.807, 2.05) is 0 Å². The van der Waals surface area contributed by atoms with Gasteiger partial charge in [-0.1, -0.05) is 42.0 Å². The van der Waals surface area contributed by atoms with Crippen LogP contribution in [0.3, 0.4) is 0 Å². The third kappa shape index (κ3) is 4.23. The van der Waals surface area contributed by atoms with Gasteiger partial charge in [-0.15, -0.1) is 0 Å².